The van der Waals surface area contributed by atoms with Gasteiger partial charge in [-0.3, -0.25) is 0 Å². The number of hydrogen-bond donors (Lipinski definition) is 0. The van der Waals surface area contributed by atoms with Gasteiger partial charge < -0.3 is 4.57 Å². The van der Waals surface area contributed by atoms with Gasteiger partial charge in [0.05, 0.1) is 5.39 Å². The first kappa shape index (κ1) is 17.3. The number of aryl methyl sites for hydroxylation is 1. The van der Waals surface area contributed by atoms with E-state index in [4.69, 9.17) is 0 Å². The number of halogens is 1. The summed E-state index contributed by atoms with van der Waals surface area (Å²) in [7, 11) is 0. The molecule has 2 heterocycles. The van der Waals surface area contributed by atoms with E-state index in [1.165, 1.54) is 21.7 Å². The first-order valence-corrected chi connectivity index (χ1v) is 10.0. The highest BCUT2D eigenvalue weighted by atomic mass is 79.9. The van der Waals surface area contributed by atoms with Crippen molar-refractivity contribution in [3.05, 3.63) is 82.2 Å². The van der Waals surface area contributed by atoms with Crippen LogP contribution in [0.15, 0.2) is 75.3 Å². The third kappa shape index (κ3) is 3.29. The second-order valence-corrected chi connectivity index (χ2v) is 8.19. The molecule has 26 heavy (non-hydrogen) atoms. The molecule has 0 radical (unpaired) electrons. The number of nitrogens with zero attached hydrogens (tertiary/aromatic N) is 3. The molecule has 0 aliphatic rings. The second-order valence-electron chi connectivity index (χ2n) is 6.22. The van der Waals surface area contributed by atoms with E-state index < -0.39 is 0 Å². The van der Waals surface area contributed by atoms with Crippen LogP contribution in [0.2, 0.25) is 0 Å². The Balaban J connectivity index is 1.79. The summed E-state index contributed by atoms with van der Waals surface area (Å²) in [6, 6.07) is 18.8. The maximum atomic E-state index is 4.61. The predicted octanol–water partition coefficient (Wildman–Crippen LogP) is 6.01. The molecule has 0 aliphatic carbocycles. The Hall–Kier alpha value is -2.11. The fraction of sp³-hybridized carbons (Fsp3) is 0.143. The minimum absolute atomic E-state index is 0.816. The Morgan fingerprint density at radius 1 is 0.962 bits per heavy atom. The lowest BCUT2D eigenvalue weighted by Gasteiger charge is -2.08. The quantitative estimate of drug-likeness (QED) is 0.376. The Kier molecular flexibility index (Phi) is 4.83. The largest absolute Gasteiger partial charge is 0.325 e. The first-order chi connectivity index (χ1) is 12.6. The highest BCUT2D eigenvalue weighted by Crippen LogP contribution is 2.35. The summed E-state index contributed by atoms with van der Waals surface area (Å²) in [5.74, 6) is 0. The number of aromatic nitrogens is 3. The zero-order chi connectivity index (χ0) is 18.1. The molecule has 5 heteroatoms. The van der Waals surface area contributed by atoms with Crippen molar-refractivity contribution < 1.29 is 0 Å². The Morgan fingerprint density at radius 2 is 1.69 bits per heavy atom. The minimum atomic E-state index is 0.816. The molecular weight excluding hydrogens is 406 g/mol. The lowest BCUT2D eigenvalue weighted by molar-refractivity contribution is 0.789. The van der Waals surface area contributed by atoms with Gasteiger partial charge in [-0.05, 0) is 49.2 Å². The minimum Gasteiger partial charge on any atom is -0.325 e. The van der Waals surface area contributed by atoms with Crippen LogP contribution < -0.4 is 0 Å². The SMILES string of the molecule is Cc1c(C)n(Cc2ccccc2)c2ncnc(Sc3ccc(Br)cc3)c12. The van der Waals surface area contributed by atoms with Crippen LogP contribution in [0.3, 0.4) is 0 Å². The van der Waals surface area contributed by atoms with Crippen molar-refractivity contribution >= 4 is 38.7 Å². The summed E-state index contributed by atoms with van der Waals surface area (Å²) in [5, 5.41) is 2.15. The van der Waals surface area contributed by atoms with Crippen molar-refractivity contribution in [2.45, 2.75) is 30.3 Å². The van der Waals surface area contributed by atoms with Crippen LogP contribution in [0.5, 0.6) is 0 Å². The third-order valence-electron chi connectivity index (χ3n) is 4.58. The Bertz CT molecular complexity index is 1060. The van der Waals surface area contributed by atoms with Crippen molar-refractivity contribution in [1.82, 2.24) is 14.5 Å². The molecule has 2 aromatic heterocycles. The summed E-state index contributed by atoms with van der Waals surface area (Å²) in [4.78, 5) is 10.3. The van der Waals surface area contributed by atoms with Gasteiger partial charge in [-0.25, -0.2) is 9.97 Å². The van der Waals surface area contributed by atoms with Crippen LogP contribution in [0, 0.1) is 13.8 Å². The fourth-order valence-corrected chi connectivity index (χ4v) is 4.29. The molecule has 0 unspecified atom stereocenters. The zero-order valence-corrected chi connectivity index (χ0v) is 17.0. The summed E-state index contributed by atoms with van der Waals surface area (Å²) < 4.78 is 3.36. The standard InChI is InChI=1S/C21H18BrN3S/c1-14-15(2)25(12-16-6-4-3-5-7-16)20-19(14)21(24-13-23-20)26-18-10-8-17(22)9-11-18/h3-11,13H,12H2,1-2H3. The molecule has 2 aromatic carbocycles. The summed E-state index contributed by atoms with van der Waals surface area (Å²) >= 11 is 5.17. The normalized spacial score (nSPS) is 11.2. The van der Waals surface area contributed by atoms with Gasteiger partial charge in [-0.2, -0.15) is 0 Å². The first-order valence-electron chi connectivity index (χ1n) is 8.41. The van der Waals surface area contributed by atoms with Crippen molar-refractivity contribution in [2.75, 3.05) is 0 Å². The third-order valence-corrected chi connectivity index (χ3v) is 6.12. The van der Waals surface area contributed by atoms with Crippen molar-refractivity contribution in [3.63, 3.8) is 0 Å². The summed E-state index contributed by atoms with van der Waals surface area (Å²) in [6.07, 6.45) is 1.67. The maximum Gasteiger partial charge on any atom is 0.145 e. The predicted molar refractivity (Wildman–Crippen MR) is 111 cm³/mol. The molecule has 0 atom stereocenters. The molecule has 0 fully saturated rings. The smallest absolute Gasteiger partial charge is 0.145 e. The average molecular weight is 424 g/mol. The van der Waals surface area contributed by atoms with Gasteiger partial charge in [0, 0.05) is 21.6 Å². The Labute approximate surface area is 165 Å². The van der Waals surface area contributed by atoms with Crippen molar-refractivity contribution in [2.24, 2.45) is 0 Å². The van der Waals surface area contributed by atoms with Crippen LogP contribution in [0.4, 0.5) is 0 Å². The monoisotopic (exact) mass is 423 g/mol. The molecule has 0 bridgehead atoms. The van der Waals surface area contributed by atoms with Crippen LogP contribution >= 0.6 is 27.7 Å². The maximum absolute atomic E-state index is 4.61. The van der Waals surface area contributed by atoms with Crippen LogP contribution in [-0.2, 0) is 6.54 Å². The molecule has 3 nitrogen and oxygen atoms in total. The van der Waals surface area contributed by atoms with E-state index in [1.54, 1.807) is 18.1 Å². The lowest BCUT2D eigenvalue weighted by atomic mass is 10.2. The van der Waals surface area contributed by atoms with E-state index in [9.17, 15) is 0 Å². The fourth-order valence-electron chi connectivity index (χ4n) is 3.09. The average Bonchev–Trinajstić information content (AvgIpc) is 2.90. The number of fused-ring (bicyclic) bond motifs is 1. The van der Waals surface area contributed by atoms with E-state index in [0.29, 0.717) is 0 Å². The summed E-state index contributed by atoms with van der Waals surface area (Å²) in [6.45, 7) is 5.14. The molecule has 0 aliphatic heterocycles. The van der Waals surface area contributed by atoms with E-state index in [-0.39, 0.29) is 0 Å². The highest BCUT2D eigenvalue weighted by molar-refractivity contribution is 9.10. The van der Waals surface area contributed by atoms with Crippen molar-refractivity contribution in [3.8, 4) is 0 Å². The Morgan fingerprint density at radius 3 is 2.42 bits per heavy atom. The van der Waals surface area contributed by atoms with Gasteiger partial charge in [0.15, 0.2) is 0 Å². The number of benzene rings is 2. The van der Waals surface area contributed by atoms with Crippen LogP contribution in [-0.4, -0.2) is 14.5 Å². The molecule has 0 N–H and O–H groups in total. The van der Waals surface area contributed by atoms with E-state index >= 15 is 0 Å². The molecule has 4 rings (SSSR count). The molecule has 0 amide bonds. The molecule has 0 saturated heterocycles. The molecule has 0 saturated carbocycles. The van der Waals surface area contributed by atoms with E-state index in [1.807, 2.05) is 6.07 Å². The molecule has 0 spiro atoms. The summed E-state index contributed by atoms with van der Waals surface area (Å²) in [5.41, 5.74) is 4.75. The molecule has 4 aromatic rings. The van der Waals surface area contributed by atoms with Gasteiger partial charge in [0.2, 0.25) is 0 Å². The highest BCUT2D eigenvalue weighted by Gasteiger charge is 2.17. The van der Waals surface area contributed by atoms with Gasteiger partial charge in [0.25, 0.3) is 0 Å². The van der Waals surface area contributed by atoms with Crippen LogP contribution in [0.1, 0.15) is 16.8 Å². The topological polar surface area (TPSA) is 30.7 Å². The molecule has 130 valence electrons. The van der Waals surface area contributed by atoms with Gasteiger partial charge in [0.1, 0.15) is 17.0 Å². The number of hydrogen-bond acceptors (Lipinski definition) is 3. The van der Waals surface area contributed by atoms with E-state index in [2.05, 4.69) is 92.8 Å². The lowest BCUT2D eigenvalue weighted by Crippen LogP contribution is -2.03. The van der Waals surface area contributed by atoms with Gasteiger partial charge in [-0.15, -0.1) is 0 Å². The number of rotatable bonds is 4. The van der Waals surface area contributed by atoms with Crippen LogP contribution in [0.25, 0.3) is 11.0 Å². The molecular formula is C21H18BrN3S. The zero-order valence-electron chi connectivity index (χ0n) is 14.6. The van der Waals surface area contributed by atoms with Gasteiger partial charge in [-0.1, -0.05) is 58.0 Å². The van der Waals surface area contributed by atoms with E-state index in [0.717, 1.165) is 27.1 Å². The second kappa shape index (κ2) is 7.25. The van der Waals surface area contributed by atoms with Gasteiger partial charge >= 0.3 is 0 Å². The van der Waals surface area contributed by atoms with Crippen molar-refractivity contribution in [1.29, 1.82) is 0 Å².